The van der Waals surface area contributed by atoms with Crippen LogP contribution in [0.4, 0.5) is 0 Å². The van der Waals surface area contributed by atoms with Gasteiger partial charge in [0.15, 0.2) is 5.82 Å². The summed E-state index contributed by atoms with van der Waals surface area (Å²) >= 11 is 6.17. The number of halogens is 1. The maximum Gasteiger partial charge on any atom is 0.287 e. The predicted octanol–water partition coefficient (Wildman–Crippen LogP) is 2.53. The molecule has 2 amide bonds. The van der Waals surface area contributed by atoms with Crippen LogP contribution < -0.4 is 5.32 Å². The third-order valence-electron chi connectivity index (χ3n) is 5.77. The van der Waals surface area contributed by atoms with Gasteiger partial charge in [-0.05, 0) is 30.2 Å². The first-order valence-corrected chi connectivity index (χ1v) is 10.6. The number of piperidine rings is 1. The number of aromatic amines is 1. The van der Waals surface area contributed by atoms with Crippen LogP contribution in [0.1, 0.15) is 38.9 Å². The Hall–Kier alpha value is -3.72. The molecule has 0 unspecified atom stereocenters. The van der Waals surface area contributed by atoms with Gasteiger partial charge >= 0.3 is 0 Å². The van der Waals surface area contributed by atoms with Crippen molar-refractivity contribution < 1.29 is 9.59 Å². The molecular weight excluding hydrogens is 430 g/mol. The number of H-pyrrole nitrogens is 1. The zero-order valence-corrected chi connectivity index (χ0v) is 17.7. The SMILES string of the molecule is O=C(N[C@@H]1CN(C(=O)c2cccn3cncc23)CC[C@H]1c1cncc(Cl)c1)c1ncc[nH]1. The second-order valence-electron chi connectivity index (χ2n) is 7.71. The first-order chi connectivity index (χ1) is 15.6. The Balaban J connectivity index is 1.43. The molecule has 0 aliphatic carbocycles. The van der Waals surface area contributed by atoms with E-state index in [0.29, 0.717) is 30.1 Å². The van der Waals surface area contributed by atoms with Crippen LogP contribution in [0.2, 0.25) is 5.02 Å². The summed E-state index contributed by atoms with van der Waals surface area (Å²) in [5.41, 5.74) is 2.24. The van der Waals surface area contributed by atoms with Gasteiger partial charge < -0.3 is 19.6 Å². The number of nitrogens with one attached hydrogen (secondary N) is 2. The maximum absolute atomic E-state index is 13.4. The summed E-state index contributed by atoms with van der Waals surface area (Å²) in [6, 6.07) is 5.14. The number of pyridine rings is 2. The van der Waals surface area contributed by atoms with Crippen LogP contribution in [0, 0.1) is 0 Å². The molecule has 5 rings (SSSR count). The molecule has 0 saturated carbocycles. The fourth-order valence-corrected chi connectivity index (χ4v) is 4.42. The molecule has 1 saturated heterocycles. The number of amides is 2. The lowest BCUT2D eigenvalue weighted by molar-refractivity contribution is 0.0655. The Morgan fingerprint density at radius 2 is 2.12 bits per heavy atom. The van der Waals surface area contributed by atoms with Crippen molar-refractivity contribution in [2.75, 3.05) is 13.1 Å². The molecule has 0 bridgehead atoms. The highest BCUT2D eigenvalue weighted by Gasteiger charge is 2.35. The Morgan fingerprint density at radius 1 is 1.22 bits per heavy atom. The van der Waals surface area contributed by atoms with E-state index in [-0.39, 0.29) is 29.6 Å². The van der Waals surface area contributed by atoms with Crippen LogP contribution in [-0.2, 0) is 0 Å². The average Bonchev–Trinajstić information content (AvgIpc) is 3.50. The Morgan fingerprint density at radius 3 is 2.94 bits per heavy atom. The Bertz CT molecular complexity index is 1270. The van der Waals surface area contributed by atoms with E-state index < -0.39 is 0 Å². The van der Waals surface area contributed by atoms with Crippen molar-refractivity contribution in [3.63, 3.8) is 0 Å². The van der Waals surface area contributed by atoms with Crippen molar-refractivity contribution in [3.8, 4) is 0 Å². The molecule has 5 heterocycles. The molecule has 0 radical (unpaired) electrons. The number of nitrogens with zero attached hydrogens (tertiary/aromatic N) is 5. The van der Waals surface area contributed by atoms with Crippen LogP contribution in [0.15, 0.2) is 61.7 Å². The van der Waals surface area contributed by atoms with Crippen molar-refractivity contribution in [1.29, 1.82) is 0 Å². The number of imidazole rings is 2. The van der Waals surface area contributed by atoms with Gasteiger partial charge in [0.25, 0.3) is 11.8 Å². The topological polar surface area (TPSA) is 108 Å². The molecule has 4 aromatic rings. The van der Waals surface area contributed by atoms with E-state index in [1.165, 1.54) is 6.20 Å². The summed E-state index contributed by atoms with van der Waals surface area (Å²) in [7, 11) is 0. The lowest BCUT2D eigenvalue weighted by Gasteiger charge is -2.39. The fourth-order valence-electron chi connectivity index (χ4n) is 4.24. The van der Waals surface area contributed by atoms with E-state index in [4.69, 9.17) is 11.6 Å². The molecule has 4 aromatic heterocycles. The number of rotatable bonds is 4. The summed E-state index contributed by atoms with van der Waals surface area (Å²) in [5.74, 6) is -0.251. The van der Waals surface area contributed by atoms with Crippen LogP contribution in [0.5, 0.6) is 0 Å². The second kappa shape index (κ2) is 8.43. The van der Waals surface area contributed by atoms with Gasteiger partial charge in [0, 0.05) is 50.0 Å². The highest BCUT2D eigenvalue weighted by molar-refractivity contribution is 6.30. The van der Waals surface area contributed by atoms with Crippen LogP contribution in [-0.4, -0.2) is 60.2 Å². The third kappa shape index (κ3) is 3.82. The largest absolute Gasteiger partial charge is 0.344 e. The van der Waals surface area contributed by atoms with Crippen LogP contribution in [0.25, 0.3) is 5.52 Å². The van der Waals surface area contributed by atoms with Gasteiger partial charge in [0.2, 0.25) is 0 Å². The van der Waals surface area contributed by atoms with Crippen LogP contribution in [0.3, 0.4) is 0 Å². The Kier molecular flexibility index (Phi) is 5.32. The molecule has 10 heteroatoms. The van der Waals surface area contributed by atoms with Gasteiger partial charge in [0.05, 0.1) is 34.7 Å². The molecule has 2 N–H and O–H groups in total. The Labute approximate surface area is 188 Å². The van der Waals surface area contributed by atoms with Crippen molar-refractivity contribution >= 4 is 28.9 Å². The summed E-state index contributed by atoms with van der Waals surface area (Å²) in [6.45, 7) is 0.885. The van der Waals surface area contributed by atoms with E-state index in [1.54, 1.807) is 42.1 Å². The van der Waals surface area contributed by atoms with E-state index in [9.17, 15) is 9.59 Å². The van der Waals surface area contributed by atoms with E-state index in [1.807, 2.05) is 22.7 Å². The van der Waals surface area contributed by atoms with Gasteiger partial charge in [-0.1, -0.05) is 11.6 Å². The number of fused-ring (bicyclic) bond motifs is 1. The predicted molar refractivity (Wildman–Crippen MR) is 118 cm³/mol. The molecule has 1 fully saturated rings. The maximum atomic E-state index is 13.4. The number of likely N-dealkylation sites (tertiary alicyclic amines) is 1. The van der Waals surface area contributed by atoms with Gasteiger partial charge in [-0.2, -0.15) is 0 Å². The zero-order chi connectivity index (χ0) is 22.1. The highest BCUT2D eigenvalue weighted by atomic mass is 35.5. The van der Waals surface area contributed by atoms with Crippen molar-refractivity contribution in [2.24, 2.45) is 0 Å². The van der Waals surface area contributed by atoms with E-state index in [0.717, 1.165) is 11.1 Å². The fraction of sp³-hybridized carbons (Fsp3) is 0.227. The molecule has 0 spiro atoms. The molecule has 1 aliphatic heterocycles. The second-order valence-corrected chi connectivity index (χ2v) is 8.15. The number of aromatic nitrogens is 5. The first-order valence-electron chi connectivity index (χ1n) is 10.2. The summed E-state index contributed by atoms with van der Waals surface area (Å²) < 4.78 is 1.81. The number of carbonyl (C=O) groups excluding carboxylic acids is 2. The summed E-state index contributed by atoms with van der Waals surface area (Å²) in [5, 5.41) is 3.57. The standard InChI is InChI=1S/C22H20ClN7O2/c23-15-8-14(9-24-10-15)16-3-7-29(12-18(16)28-21(31)20-26-4-5-27-20)22(32)17-2-1-6-30-13-25-11-19(17)30/h1-2,4-6,8-11,13,16,18H,3,7,12H2,(H,26,27)(H,28,31)/t16-,18+/m0/s1. The number of hydrogen-bond acceptors (Lipinski definition) is 5. The summed E-state index contributed by atoms with van der Waals surface area (Å²) in [4.78, 5) is 43.1. The van der Waals surface area contributed by atoms with Gasteiger partial charge in [-0.25, -0.2) is 9.97 Å². The van der Waals surface area contributed by atoms with E-state index >= 15 is 0 Å². The molecule has 0 aromatic carbocycles. The van der Waals surface area contributed by atoms with Crippen molar-refractivity contribution in [3.05, 3.63) is 83.7 Å². The molecule has 2 atom stereocenters. The molecule has 162 valence electrons. The quantitative estimate of drug-likeness (QED) is 0.497. The molecule has 32 heavy (non-hydrogen) atoms. The van der Waals surface area contributed by atoms with Crippen molar-refractivity contribution in [1.82, 2.24) is 34.6 Å². The zero-order valence-electron chi connectivity index (χ0n) is 17.0. The first kappa shape index (κ1) is 20.2. The van der Waals surface area contributed by atoms with E-state index in [2.05, 4.69) is 25.3 Å². The number of carbonyl (C=O) groups is 2. The van der Waals surface area contributed by atoms with Crippen molar-refractivity contribution in [2.45, 2.75) is 18.4 Å². The van der Waals surface area contributed by atoms with Gasteiger partial charge in [-0.3, -0.25) is 14.6 Å². The third-order valence-corrected chi connectivity index (χ3v) is 5.97. The lowest BCUT2D eigenvalue weighted by atomic mass is 9.85. The summed E-state index contributed by atoms with van der Waals surface area (Å²) in [6.07, 6.45) is 12.3. The minimum Gasteiger partial charge on any atom is -0.344 e. The molecule has 1 aliphatic rings. The molecular formula is C22H20ClN7O2. The highest BCUT2D eigenvalue weighted by Crippen LogP contribution is 2.30. The number of hydrogen-bond donors (Lipinski definition) is 2. The minimum atomic E-state index is -0.338. The smallest absolute Gasteiger partial charge is 0.287 e. The molecule has 9 nitrogen and oxygen atoms in total. The average molecular weight is 450 g/mol. The normalized spacial score (nSPS) is 18.6. The van der Waals surface area contributed by atoms with Gasteiger partial charge in [0.1, 0.15) is 0 Å². The monoisotopic (exact) mass is 449 g/mol. The minimum absolute atomic E-state index is 0.0464. The van der Waals surface area contributed by atoms with Crippen LogP contribution >= 0.6 is 11.6 Å². The van der Waals surface area contributed by atoms with Gasteiger partial charge in [-0.15, -0.1) is 0 Å². The lowest BCUT2D eigenvalue weighted by Crippen LogP contribution is -2.53.